The minimum Gasteiger partial charge on any atom is -0.508 e. The normalized spacial score (nSPS) is 37.3. The van der Waals surface area contributed by atoms with E-state index in [9.17, 15) is 20.1 Å². The van der Waals surface area contributed by atoms with Crippen LogP contribution in [0.25, 0.3) is 0 Å². The van der Waals surface area contributed by atoms with E-state index in [1.54, 1.807) is 17.9 Å². The minimum absolute atomic E-state index is 0.00224. The molecular formula is C26H35N3O5. The van der Waals surface area contributed by atoms with Crippen molar-refractivity contribution >= 4 is 5.91 Å². The largest absolute Gasteiger partial charge is 0.508 e. The van der Waals surface area contributed by atoms with Gasteiger partial charge in [0.15, 0.2) is 17.6 Å². The maximum absolute atomic E-state index is 13.2. The fourth-order valence-electron chi connectivity index (χ4n) is 7.09. The Morgan fingerprint density at radius 3 is 2.71 bits per heavy atom. The van der Waals surface area contributed by atoms with E-state index < -0.39 is 17.1 Å². The lowest BCUT2D eigenvalue weighted by Crippen LogP contribution is -2.73. The van der Waals surface area contributed by atoms with Gasteiger partial charge in [-0.2, -0.15) is 0 Å². The molecule has 1 amide bonds. The average Bonchev–Trinajstić information content (AvgIpc) is 3.38. The quantitative estimate of drug-likeness (QED) is 0.390. The molecule has 3 aliphatic heterocycles. The average molecular weight is 470 g/mol. The van der Waals surface area contributed by atoms with Gasteiger partial charge in [-0.15, -0.1) is 0 Å². The number of carbonyl (C=O) groups is 1. The molecule has 2 saturated heterocycles. The van der Waals surface area contributed by atoms with Crippen molar-refractivity contribution in [3.8, 4) is 11.5 Å². The number of phenolic OH excluding ortho intramolecular Hbond substituents is 1. The SMILES string of the molecule is C/C(C(=O)N1CC[C@@H](N)C1)=C(/O)[C@@H]1Oc2c(O)ccc3c2[C@@]12CCN(CC1CC1)[C@H](C3)[C@@]2(C)O. The molecule has 2 bridgehead atoms. The summed E-state index contributed by atoms with van der Waals surface area (Å²) >= 11 is 0. The number of hydrogen-bond donors (Lipinski definition) is 4. The summed E-state index contributed by atoms with van der Waals surface area (Å²) in [4.78, 5) is 17.3. The first-order chi connectivity index (χ1) is 16.1. The summed E-state index contributed by atoms with van der Waals surface area (Å²) in [5.41, 5.74) is 5.86. The highest BCUT2D eigenvalue weighted by molar-refractivity contribution is 5.93. The summed E-state index contributed by atoms with van der Waals surface area (Å²) in [6.45, 7) is 6.22. The van der Waals surface area contributed by atoms with Crippen molar-refractivity contribution in [1.82, 2.24) is 9.80 Å². The summed E-state index contributed by atoms with van der Waals surface area (Å²) in [6.07, 6.45) is 3.49. The molecule has 5 N–H and O–H groups in total. The summed E-state index contributed by atoms with van der Waals surface area (Å²) in [7, 11) is 0. The van der Waals surface area contributed by atoms with Crippen molar-refractivity contribution in [3.63, 3.8) is 0 Å². The zero-order valence-corrected chi connectivity index (χ0v) is 20.0. The summed E-state index contributed by atoms with van der Waals surface area (Å²) in [6, 6.07) is 3.37. The highest BCUT2D eigenvalue weighted by atomic mass is 16.5. The van der Waals surface area contributed by atoms with Gasteiger partial charge in [0.05, 0.1) is 16.6 Å². The van der Waals surface area contributed by atoms with Crippen LogP contribution < -0.4 is 10.5 Å². The van der Waals surface area contributed by atoms with Crippen LogP contribution in [0.2, 0.25) is 0 Å². The number of carbonyl (C=O) groups excluding carboxylic acids is 1. The molecule has 8 heteroatoms. The van der Waals surface area contributed by atoms with E-state index in [0.29, 0.717) is 37.6 Å². The zero-order chi connectivity index (χ0) is 24.0. The number of fused-ring (bicyclic) bond motifs is 1. The number of nitrogens with zero attached hydrogens (tertiary/aromatic N) is 2. The number of benzene rings is 1. The van der Waals surface area contributed by atoms with E-state index in [2.05, 4.69) is 4.90 Å². The van der Waals surface area contributed by atoms with Crippen LogP contribution in [0.1, 0.15) is 50.7 Å². The van der Waals surface area contributed by atoms with E-state index in [4.69, 9.17) is 10.5 Å². The number of likely N-dealkylation sites (tertiary alicyclic amines) is 2. The highest BCUT2D eigenvalue weighted by Crippen LogP contribution is 2.63. The molecule has 1 aromatic rings. The molecule has 0 radical (unpaired) electrons. The number of hydrogen-bond acceptors (Lipinski definition) is 7. The van der Waals surface area contributed by atoms with Crippen LogP contribution in [0, 0.1) is 5.92 Å². The van der Waals surface area contributed by atoms with Gasteiger partial charge in [0, 0.05) is 37.3 Å². The molecule has 1 aromatic carbocycles. The van der Waals surface area contributed by atoms with Gasteiger partial charge in [-0.05, 0) is 70.0 Å². The fourth-order valence-corrected chi connectivity index (χ4v) is 7.09. The number of rotatable bonds is 4. The Labute approximate surface area is 200 Å². The molecule has 1 saturated carbocycles. The minimum atomic E-state index is -1.22. The van der Waals surface area contributed by atoms with Crippen LogP contribution in [-0.2, 0) is 16.6 Å². The second kappa shape index (κ2) is 7.35. The van der Waals surface area contributed by atoms with Gasteiger partial charge < -0.3 is 30.7 Å². The van der Waals surface area contributed by atoms with Gasteiger partial charge in [0.25, 0.3) is 5.91 Å². The number of aliphatic hydroxyl groups is 2. The lowest BCUT2D eigenvalue weighted by atomic mass is 9.53. The molecule has 2 aliphatic carbocycles. The molecule has 1 spiro atoms. The Morgan fingerprint density at radius 2 is 2.03 bits per heavy atom. The Balaban J connectivity index is 1.45. The van der Waals surface area contributed by atoms with Gasteiger partial charge in [0.2, 0.25) is 0 Å². The number of nitrogens with two attached hydrogens (primary N) is 1. The molecule has 6 rings (SSSR count). The monoisotopic (exact) mass is 469 g/mol. The number of piperidine rings is 1. The molecule has 8 nitrogen and oxygen atoms in total. The molecule has 3 fully saturated rings. The number of aromatic hydroxyl groups is 1. The summed E-state index contributed by atoms with van der Waals surface area (Å²) < 4.78 is 6.29. The number of phenols is 1. The maximum Gasteiger partial charge on any atom is 0.253 e. The Bertz CT molecular complexity index is 1080. The van der Waals surface area contributed by atoms with E-state index >= 15 is 0 Å². The molecule has 34 heavy (non-hydrogen) atoms. The predicted octanol–water partition coefficient (Wildman–Crippen LogP) is 1.57. The van der Waals surface area contributed by atoms with E-state index in [-0.39, 0.29) is 35.1 Å². The second-order valence-electron chi connectivity index (χ2n) is 11.3. The molecule has 3 heterocycles. The van der Waals surface area contributed by atoms with E-state index in [0.717, 1.165) is 30.6 Å². The molecule has 0 unspecified atom stereocenters. The predicted molar refractivity (Wildman–Crippen MR) is 126 cm³/mol. The standard InChI is InChI=1S/C26H35N3O5/c1-14(24(32)29-9-7-17(27)13-29)21(31)23-26-8-10-28(12-15-3-4-15)19(25(26,2)33)11-16-5-6-18(30)22(34-23)20(16)26/h5-6,15,17,19,23,30-31,33H,3-4,7-13,27H2,1-2H3/b21-14-/t17-,19-,23+,25-,26+/m1/s1. The van der Waals surface area contributed by atoms with Crippen LogP contribution in [0.3, 0.4) is 0 Å². The summed E-state index contributed by atoms with van der Waals surface area (Å²) in [5.74, 6) is 0.592. The maximum atomic E-state index is 13.2. The van der Waals surface area contributed by atoms with Crippen molar-refractivity contribution in [3.05, 3.63) is 34.6 Å². The summed E-state index contributed by atoms with van der Waals surface area (Å²) in [5, 5.41) is 34.4. The first-order valence-corrected chi connectivity index (χ1v) is 12.6. The Morgan fingerprint density at radius 1 is 1.26 bits per heavy atom. The van der Waals surface area contributed by atoms with Gasteiger partial charge in [-0.1, -0.05) is 6.07 Å². The van der Waals surface area contributed by atoms with Gasteiger partial charge >= 0.3 is 0 Å². The molecule has 5 atom stereocenters. The van der Waals surface area contributed by atoms with Crippen LogP contribution in [0.4, 0.5) is 0 Å². The number of aliphatic hydroxyl groups excluding tert-OH is 1. The van der Waals surface area contributed by atoms with Crippen molar-refractivity contribution in [2.24, 2.45) is 11.7 Å². The first kappa shape index (κ1) is 22.2. The van der Waals surface area contributed by atoms with Crippen LogP contribution in [0.15, 0.2) is 23.5 Å². The third-order valence-corrected chi connectivity index (χ3v) is 9.21. The Kier molecular flexibility index (Phi) is 4.80. The topological polar surface area (TPSA) is 119 Å². The van der Waals surface area contributed by atoms with Gasteiger partial charge in [-0.3, -0.25) is 9.69 Å². The van der Waals surface area contributed by atoms with Crippen molar-refractivity contribution in [2.75, 3.05) is 26.2 Å². The third kappa shape index (κ3) is 2.91. The molecule has 0 aromatic heterocycles. The Hall–Kier alpha value is -2.29. The van der Waals surface area contributed by atoms with Crippen molar-refractivity contribution in [1.29, 1.82) is 0 Å². The number of amides is 1. The van der Waals surface area contributed by atoms with Crippen LogP contribution >= 0.6 is 0 Å². The lowest BCUT2D eigenvalue weighted by Gasteiger charge is -2.59. The molecular weight excluding hydrogens is 434 g/mol. The second-order valence-corrected chi connectivity index (χ2v) is 11.3. The smallest absolute Gasteiger partial charge is 0.253 e. The van der Waals surface area contributed by atoms with Gasteiger partial charge in [0.1, 0.15) is 5.76 Å². The third-order valence-electron chi connectivity index (χ3n) is 9.21. The lowest BCUT2D eigenvalue weighted by molar-refractivity contribution is -0.153. The van der Waals surface area contributed by atoms with E-state index in [1.807, 2.05) is 13.0 Å². The number of ether oxygens (including phenoxy) is 1. The van der Waals surface area contributed by atoms with Gasteiger partial charge in [-0.25, -0.2) is 0 Å². The molecule has 184 valence electrons. The highest BCUT2D eigenvalue weighted by Gasteiger charge is 2.69. The van der Waals surface area contributed by atoms with Crippen molar-refractivity contribution < 1.29 is 24.9 Å². The van der Waals surface area contributed by atoms with E-state index in [1.165, 1.54) is 12.8 Å². The zero-order valence-electron chi connectivity index (χ0n) is 20.0. The first-order valence-electron chi connectivity index (χ1n) is 12.6. The molecule has 5 aliphatic rings. The fraction of sp³-hybridized carbons (Fsp3) is 0.654. The van der Waals surface area contributed by atoms with Crippen molar-refractivity contribution in [2.45, 2.75) is 75.2 Å². The van der Waals surface area contributed by atoms with Crippen LogP contribution in [0.5, 0.6) is 11.5 Å². The van der Waals surface area contributed by atoms with Crippen LogP contribution in [-0.4, -0.2) is 81.0 Å².